The Morgan fingerprint density at radius 3 is 3.06 bits per heavy atom. The fourth-order valence-corrected chi connectivity index (χ4v) is 3.56. The Kier molecular flexibility index (Phi) is 2.89. The van der Waals surface area contributed by atoms with Crippen molar-refractivity contribution in [2.24, 2.45) is 0 Å². The number of rotatable bonds is 2. The van der Waals surface area contributed by atoms with E-state index in [4.69, 9.17) is 5.73 Å². The van der Waals surface area contributed by atoms with E-state index >= 15 is 0 Å². The standard InChI is InChI=1S/C12H10N4S2/c1-7-5-17-11-10(7)15-6-16-12(11)18-9-2-3-14-4-8(9)13/h2-6H,13H2,1H3. The minimum atomic E-state index is 0.669. The number of anilines is 1. The molecule has 0 aromatic carbocycles. The lowest BCUT2D eigenvalue weighted by Gasteiger charge is -2.04. The first kappa shape index (κ1) is 11.4. The van der Waals surface area contributed by atoms with Crippen molar-refractivity contribution in [3.63, 3.8) is 0 Å². The van der Waals surface area contributed by atoms with Gasteiger partial charge in [0.15, 0.2) is 0 Å². The van der Waals surface area contributed by atoms with Crippen LogP contribution in [0.5, 0.6) is 0 Å². The Hall–Kier alpha value is -1.66. The van der Waals surface area contributed by atoms with Gasteiger partial charge in [-0.2, -0.15) is 0 Å². The lowest BCUT2D eigenvalue weighted by molar-refractivity contribution is 1.10. The molecule has 18 heavy (non-hydrogen) atoms. The van der Waals surface area contributed by atoms with Crippen LogP contribution in [0.3, 0.4) is 0 Å². The van der Waals surface area contributed by atoms with Crippen LogP contribution >= 0.6 is 23.1 Å². The van der Waals surface area contributed by atoms with Crippen LogP contribution in [-0.2, 0) is 0 Å². The number of nitrogens with zero attached hydrogens (tertiary/aromatic N) is 3. The summed E-state index contributed by atoms with van der Waals surface area (Å²) < 4.78 is 1.11. The first-order chi connectivity index (χ1) is 8.75. The summed E-state index contributed by atoms with van der Waals surface area (Å²) in [4.78, 5) is 13.6. The van der Waals surface area contributed by atoms with E-state index in [0.29, 0.717) is 5.69 Å². The quantitative estimate of drug-likeness (QED) is 0.727. The van der Waals surface area contributed by atoms with Gasteiger partial charge in [-0.3, -0.25) is 4.98 Å². The molecule has 6 heteroatoms. The number of nitrogens with two attached hydrogens (primary N) is 1. The van der Waals surface area contributed by atoms with Gasteiger partial charge in [0.2, 0.25) is 0 Å². The molecule has 0 aliphatic carbocycles. The molecule has 90 valence electrons. The van der Waals surface area contributed by atoms with Crippen molar-refractivity contribution in [2.75, 3.05) is 5.73 Å². The molecular weight excluding hydrogens is 264 g/mol. The minimum absolute atomic E-state index is 0.669. The van der Waals surface area contributed by atoms with Gasteiger partial charge < -0.3 is 5.73 Å². The lowest BCUT2D eigenvalue weighted by Crippen LogP contribution is -1.90. The molecule has 0 aliphatic rings. The molecule has 3 heterocycles. The van der Waals surface area contributed by atoms with E-state index in [1.165, 1.54) is 5.56 Å². The number of aryl methyl sites for hydroxylation is 1. The summed E-state index contributed by atoms with van der Waals surface area (Å²) in [7, 11) is 0. The highest BCUT2D eigenvalue weighted by atomic mass is 32.2. The monoisotopic (exact) mass is 274 g/mol. The second-order valence-corrected chi connectivity index (χ2v) is 5.70. The molecule has 0 saturated heterocycles. The molecular formula is C12H10N4S2. The smallest absolute Gasteiger partial charge is 0.122 e. The van der Waals surface area contributed by atoms with Crippen molar-refractivity contribution >= 4 is 39.0 Å². The highest BCUT2D eigenvalue weighted by Crippen LogP contribution is 2.36. The Labute approximate surface area is 112 Å². The number of hydrogen-bond acceptors (Lipinski definition) is 6. The van der Waals surface area contributed by atoms with Crippen molar-refractivity contribution in [2.45, 2.75) is 16.8 Å². The third-order valence-corrected chi connectivity index (χ3v) is 4.83. The van der Waals surface area contributed by atoms with E-state index in [9.17, 15) is 0 Å². The van der Waals surface area contributed by atoms with Gasteiger partial charge in [0.1, 0.15) is 11.4 Å². The molecule has 0 radical (unpaired) electrons. The van der Waals surface area contributed by atoms with Gasteiger partial charge >= 0.3 is 0 Å². The fraction of sp³-hybridized carbons (Fsp3) is 0.0833. The van der Waals surface area contributed by atoms with Gasteiger partial charge in [-0.05, 0) is 23.9 Å². The molecule has 0 spiro atoms. The van der Waals surface area contributed by atoms with E-state index < -0.39 is 0 Å². The maximum atomic E-state index is 5.89. The number of fused-ring (bicyclic) bond motifs is 1. The summed E-state index contributed by atoms with van der Waals surface area (Å²) >= 11 is 3.21. The van der Waals surface area contributed by atoms with Crippen LogP contribution in [0, 0.1) is 6.92 Å². The van der Waals surface area contributed by atoms with E-state index in [2.05, 4.69) is 27.3 Å². The molecule has 0 fully saturated rings. The van der Waals surface area contributed by atoms with Gasteiger partial charge in [0, 0.05) is 11.1 Å². The van der Waals surface area contributed by atoms with Crippen LogP contribution in [-0.4, -0.2) is 15.0 Å². The normalized spacial score (nSPS) is 10.9. The van der Waals surface area contributed by atoms with E-state index in [1.807, 2.05) is 6.07 Å². The molecule has 2 N–H and O–H groups in total. The van der Waals surface area contributed by atoms with E-state index in [0.717, 1.165) is 20.1 Å². The SMILES string of the molecule is Cc1csc2c(Sc3ccncc3N)ncnc12. The van der Waals surface area contributed by atoms with Crippen LogP contribution in [0.2, 0.25) is 0 Å². The molecule has 0 aliphatic heterocycles. The molecule has 3 aromatic heterocycles. The summed E-state index contributed by atoms with van der Waals surface area (Å²) in [6.07, 6.45) is 4.99. The zero-order valence-electron chi connectivity index (χ0n) is 9.62. The minimum Gasteiger partial charge on any atom is -0.397 e. The summed E-state index contributed by atoms with van der Waals surface area (Å²) in [5, 5.41) is 3.04. The van der Waals surface area contributed by atoms with Crippen LogP contribution in [0.25, 0.3) is 10.2 Å². The first-order valence-corrected chi connectivity index (χ1v) is 7.01. The highest BCUT2D eigenvalue weighted by molar-refractivity contribution is 7.99. The number of aromatic nitrogens is 3. The summed E-state index contributed by atoms with van der Waals surface area (Å²) in [6.45, 7) is 2.06. The van der Waals surface area contributed by atoms with Crippen LogP contribution in [0.4, 0.5) is 5.69 Å². The third kappa shape index (κ3) is 1.93. The van der Waals surface area contributed by atoms with Crippen molar-refractivity contribution in [3.05, 3.63) is 35.7 Å². The average Bonchev–Trinajstić information content (AvgIpc) is 2.76. The van der Waals surface area contributed by atoms with Crippen molar-refractivity contribution in [3.8, 4) is 0 Å². The zero-order chi connectivity index (χ0) is 12.5. The molecule has 0 saturated carbocycles. The number of thiophene rings is 1. The van der Waals surface area contributed by atoms with Gasteiger partial charge in [-0.15, -0.1) is 11.3 Å². The summed E-state index contributed by atoms with van der Waals surface area (Å²) in [5.74, 6) is 0. The van der Waals surface area contributed by atoms with E-state index in [1.54, 1.807) is 41.8 Å². The molecule has 4 nitrogen and oxygen atoms in total. The van der Waals surface area contributed by atoms with Crippen LogP contribution < -0.4 is 5.73 Å². The van der Waals surface area contributed by atoms with Gasteiger partial charge in [-0.25, -0.2) is 9.97 Å². The zero-order valence-corrected chi connectivity index (χ0v) is 11.3. The molecule has 0 bridgehead atoms. The fourth-order valence-electron chi connectivity index (χ4n) is 1.61. The molecule has 0 atom stereocenters. The molecule has 3 rings (SSSR count). The van der Waals surface area contributed by atoms with Crippen LogP contribution in [0.15, 0.2) is 40.1 Å². The topological polar surface area (TPSA) is 64.7 Å². The second kappa shape index (κ2) is 4.55. The Balaban J connectivity index is 2.08. The van der Waals surface area contributed by atoms with Gasteiger partial charge in [0.25, 0.3) is 0 Å². The van der Waals surface area contributed by atoms with Crippen molar-refractivity contribution < 1.29 is 0 Å². The predicted octanol–water partition coefficient (Wildman–Crippen LogP) is 3.13. The average molecular weight is 274 g/mol. The lowest BCUT2D eigenvalue weighted by atomic mass is 10.3. The van der Waals surface area contributed by atoms with Gasteiger partial charge in [-0.1, -0.05) is 11.8 Å². The Bertz CT molecular complexity index is 708. The van der Waals surface area contributed by atoms with Crippen molar-refractivity contribution in [1.29, 1.82) is 0 Å². The summed E-state index contributed by atoms with van der Waals surface area (Å²) in [6, 6.07) is 1.90. The maximum absolute atomic E-state index is 5.89. The molecule has 0 amide bonds. The Morgan fingerprint density at radius 2 is 2.22 bits per heavy atom. The number of nitrogen functional groups attached to an aromatic ring is 1. The third-order valence-electron chi connectivity index (χ3n) is 2.51. The Morgan fingerprint density at radius 1 is 1.33 bits per heavy atom. The maximum Gasteiger partial charge on any atom is 0.122 e. The largest absolute Gasteiger partial charge is 0.397 e. The van der Waals surface area contributed by atoms with Gasteiger partial charge in [0.05, 0.1) is 22.1 Å². The number of hydrogen-bond donors (Lipinski definition) is 1. The van der Waals surface area contributed by atoms with E-state index in [-0.39, 0.29) is 0 Å². The second-order valence-electron chi connectivity index (χ2n) is 3.79. The molecule has 0 unspecified atom stereocenters. The van der Waals surface area contributed by atoms with Crippen LogP contribution in [0.1, 0.15) is 5.56 Å². The van der Waals surface area contributed by atoms with Crippen molar-refractivity contribution in [1.82, 2.24) is 15.0 Å². The first-order valence-electron chi connectivity index (χ1n) is 5.32. The predicted molar refractivity (Wildman–Crippen MR) is 74.9 cm³/mol. The summed E-state index contributed by atoms with van der Waals surface area (Å²) in [5.41, 5.74) is 8.76. The molecule has 3 aromatic rings. The number of pyridine rings is 1. The highest BCUT2D eigenvalue weighted by Gasteiger charge is 2.10.